The summed E-state index contributed by atoms with van der Waals surface area (Å²) in [4.78, 5) is 25.9. The SMILES string of the molecule is Cc1nn(-c2cccc(C(=O)N(C)c3ccc4c(c3)OC(F)(F)O4)c2)c2c1COC[C@H]2Oc1ccc(C(=O)O)cc1. The van der Waals surface area contributed by atoms with Gasteiger partial charge < -0.3 is 29.0 Å². The van der Waals surface area contributed by atoms with Crippen LogP contribution in [0.15, 0.2) is 66.7 Å². The zero-order chi connectivity index (χ0) is 28.9. The quantitative estimate of drug-likeness (QED) is 0.344. The number of aromatic nitrogens is 2. The molecule has 0 spiro atoms. The molecule has 210 valence electrons. The first-order chi connectivity index (χ1) is 19.6. The van der Waals surface area contributed by atoms with Crippen LogP contribution in [0.1, 0.15) is 43.8 Å². The van der Waals surface area contributed by atoms with Crippen molar-refractivity contribution in [2.45, 2.75) is 25.9 Å². The van der Waals surface area contributed by atoms with Crippen LogP contribution < -0.4 is 19.1 Å². The molecule has 0 saturated heterocycles. The van der Waals surface area contributed by atoms with E-state index in [9.17, 15) is 23.5 Å². The third-order valence-corrected chi connectivity index (χ3v) is 6.84. The highest BCUT2D eigenvalue weighted by Gasteiger charge is 2.43. The number of fused-ring (bicyclic) bond motifs is 2. The predicted octanol–water partition coefficient (Wildman–Crippen LogP) is 5.13. The monoisotopic (exact) mass is 563 g/mol. The number of aryl methyl sites for hydroxylation is 1. The highest BCUT2D eigenvalue weighted by molar-refractivity contribution is 6.06. The lowest BCUT2D eigenvalue weighted by Crippen LogP contribution is -2.27. The van der Waals surface area contributed by atoms with Crippen LogP contribution in [-0.2, 0) is 11.3 Å². The van der Waals surface area contributed by atoms with E-state index in [4.69, 9.17) is 14.6 Å². The lowest BCUT2D eigenvalue weighted by Gasteiger charge is -2.26. The summed E-state index contributed by atoms with van der Waals surface area (Å²) >= 11 is 0. The molecule has 2 aliphatic rings. The number of carboxylic acid groups (broad SMARTS) is 1. The second kappa shape index (κ2) is 9.89. The Bertz CT molecular complexity index is 1670. The Kier molecular flexibility index (Phi) is 6.34. The summed E-state index contributed by atoms with van der Waals surface area (Å²) < 4.78 is 49.5. The standard InChI is InChI=1S/C29H23F2N3O7/c1-16-22-14-38-15-25(39-21-9-6-17(7-10-21)28(36)37)26(22)34(32-16)20-5-3-4-18(12-20)27(35)33(2)19-8-11-23-24(13-19)41-29(30,31)40-23/h3-13,25H,14-15H2,1-2H3,(H,36,37)/t25-/m1/s1. The molecule has 0 bridgehead atoms. The first-order valence-corrected chi connectivity index (χ1v) is 12.5. The Morgan fingerprint density at radius 3 is 2.56 bits per heavy atom. The van der Waals surface area contributed by atoms with Crippen molar-refractivity contribution in [3.8, 4) is 22.9 Å². The summed E-state index contributed by atoms with van der Waals surface area (Å²) in [5, 5.41) is 13.9. The minimum Gasteiger partial charge on any atom is -0.482 e. The number of carboxylic acids is 1. The van der Waals surface area contributed by atoms with Gasteiger partial charge in [0.1, 0.15) is 5.75 Å². The van der Waals surface area contributed by atoms with Crippen LogP contribution in [0.4, 0.5) is 14.5 Å². The molecule has 0 unspecified atom stereocenters. The maximum absolute atomic E-state index is 13.4. The highest BCUT2D eigenvalue weighted by Crippen LogP contribution is 2.43. The molecule has 41 heavy (non-hydrogen) atoms. The number of rotatable bonds is 6. The Morgan fingerprint density at radius 1 is 1.05 bits per heavy atom. The number of carbonyl (C=O) groups excluding carboxylic acids is 1. The molecule has 1 aromatic heterocycles. The van der Waals surface area contributed by atoms with E-state index in [1.807, 2.05) is 6.92 Å². The van der Waals surface area contributed by atoms with Crippen LogP contribution in [0, 0.1) is 6.92 Å². The van der Waals surface area contributed by atoms with Gasteiger partial charge in [0.05, 0.1) is 35.9 Å². The van der Waals surface area contributed by atoms with Crippen molar-refractivity contribution in [3.05, 3.63) is 94.8 Å². The fourth-order valence-corrected chi connectivity index (χ4v) is 4.79. The lowest BCUT2D eigenvalue weighted by molar-refractivity contribution is -0.286. The normalized spacial score (nSPS) is 16.6. The minimum atomic E-state index is -3.76. The number of ether oxygens (including phenoxy) is 4. The van der Waals surface area contributed by atoms with Gasteiger partial charge in [-0.05, 0) is 61.5 Å². The van der Waals surface area contributed by atoms with Gasteiger partial charge in [-0.15, -0.1) is 8.78 Å². The van der Waals surface area contributed by atoms with E-state index < -0.39 is 18.4 Å². The van der Waals surface area contributed by atoms with E-state index in [2.05, 4.69) is 9.47 Å². The maximum atomic E-state index is 13.4. The van der Waals surface area contributed by atoms with Crippen molar-refractivity contribution in [3.63, 3.8) is 0 Å². The summed E-state index contributed by atoms with van der Waals surface area (Å²) in [5.41, 5.74) is 3.77. The van der Waals surface area contributed by atoms with Crippen LogP contribution in [0.25, 0.3) is 5.69 Å². The van der Waals surface area contributed by atoms with E-state index in [-0.39, 0.29) is 29.6 Å². The van der Waals surface area contributed by atoms with Crippen LogP contribution >= 0.6 is 0 Å². The third-order valence-electron chi connectivity index (χ3n) is 6.84. The molecule has 1 atom stereocenters. The topological polar surface area (TPSA) is 112 Å². The number of amides is 1. The number of hydrogen-bond acceptors (Lipinski definition) is 7. The van der Waals surface area contributed by atoms with Gasteiger partial charge in [0.15, 0.2) is 17.6 Å². The van der Waals surface area contributed by atoms with Crippen molar-refractivity contribution in [1.29, 1.82) is 0 Å². The molecule has 10 nitrogen and oxygen atoms in total. The third kappa shape index (κ3) is 4.93. The number of benzene rings is 3. The smallest absolute Gasteiger partial charge is 0.482 e. The largest absolute Gasteiger partial charge is 0.586 e. The highest BCUT2D eigenvalue weighted by atomic mass is 19.3. The van der Waals surface area contributed by atoms with Crippen LogP contribution in [0.2, 0.25) is 0 Å². The summed E-state index contributed by atoms with van der Waals surface area (Å²) in [7, 11) is 1.53. The summed E-state index contributed by atoms with van der Waals surface area (Å²) in [6.07, 6.45) is -4.31. The number of carbonyl (C=O) groups is 2. The first-order valence-electron chi connectivity index (χ1n) is 12.5. The van der Waals surface area contributed by atoms with Gasteiger partial charge in [-0.3, -0.25) is 4.79 Å². The molecule has 3 heterocycles. The molecule has 0 aliphatic carbocycles. The van der Waals surface area contributed by atoms with Gasteiger partial charge in [0.25, 0.3) is 5.91 Å². The van der Waals surface area contributed by atoms with Gasteiger partial charge in [0, 0.05) is 29.9 Å². The fourth-order valence-electron chi connectivity index (χ4n) is 4.79. The summed E-state index contributed by atoms with van der Waals surface area (Å²) in [5.74, 6) is -1.23. The van der Waals surface area contributed by atoms with Crippen LogP contribution in [0.3, 0.4) is 0 Å². The number of alkyl halides is 2. The number of anilines is 1. The molecule has 1 N–H and O–H groups in total. The van der Waals surface area contributed by atoms with E-state index in [1.54, 1.807) is 41.1 Å². The van der Waals surface area contributed by atoms with Crippen molar-refractivity contribution in [1.82, 2.24) is 9.78 Å². The van der Waals surface area contributed by atoms with E-state index in [0.29, 0.717) is 29.3 Å². The Hall–Kier alpha value is -4.97. The first kappa shape index (κ1) is 26.3. The summed E-state index contributed by atoms with van der Waals surface area (Å²) in [6.45, 7) is 2.43. The molecule has 1 amide bonds. The predicted molar refractivity (Wildman–Crippen MR) is 140 cm³/mol. The van der Waals surface area contributed by atoms with E-state index >= 15 is 0 Å². The molecule has 0 fully saturated rings. The van der Waals surface area contributed by atoms with Crippen molar-refractivity contribution >= 4 is 17.6 Å². The Balaban J connectivity index is 1.29. The summed E-state index contributed by atoms with van der Waals surface area (Å²) in [6, 6.07) is 17.1. The molecule has 6 rings (SSSR count). The number of halogens is 2. The molecule has 2 aliphatic heterocycles. The van der Waals surface area contributed by atoms with Crippen molar-refractivity contribution < 1.29 is 42.4 Å². The second-order valence-corrected chi connectivity index (χ2v) is 9.53. The van der Waals surface area contributed by atoms with Crippen LogP contribution in [0.5, 0.6) is 17.2 Å². The molecular formula is C29H23F2N3O7. The van der Waals surface area contributed by atoms with Gasteiger partial charge in [-0.1, -0.05) is 6.07 Å². The average Bonchev–Trinajstić information content (AvgIpc) is 3.47. The van der Waals surface area contributed by atoms with Crippen LogP contribution in [-0.4, -0.2) is 46.7 Å². The number of hydrogen-bond donors (Lipinski definition) is 1. The van der Waals surface area contributed by atoms with E-state index in [1.165, 1.54) is 42.3 Å². The van der Waals surface area contributed by atoms with Gasteiger partial charge in [-0.25, -0.2) is 9.48 Å². The Morgan fingerprint density at radius 2 is 1.80 bits per heavy atom. The maximum Gasteiger partial charge on any atom is 0.586 e. The fraction of sp³-hybridized carbons (Fsp3) is 0.207. The number of nitrogens with zero attached hydrogens (tertiary/aromatic N) is 3. The molecular weight excluding hydrogens is 540 g/mol. The lowest BCUT2D eigenvalue weighted by atomic mass is 10.1. The van der Waals surface area contributed by atoms with Gasteiger partial charge >= 0.3 is 12.3 Å². The molecule has 3 aromatic carbocycles. The van der Waals surface area contributed by atoms with Gasteiger partial charge in [-0.2, -0.15) is 5.10 Å². The van der Waals surface area contributed by atoms with E-state index in [0.717, 1.165) is 17.0 Å². The molecule has 0 radical (unpaired) electrons. The molecule has 12 heteroatoms. The van der Waals surface area contributed by atoms with Crippen molar-refractivity contribution in [2.24, 2.45) is 0 Å². The molecule has 4 aromatic rings. The zero-order valence-electron chi connectivity index (χ0n) is 21.8. The minimum absolute atomic E-state index is 0.112. The number of aromatic carboxylic acids is 1. The average molecular weight is 564 g/mol. The zero-order valence-corrected chi connectivity index (χ0v) is 21.8. The Labute approximate surface area is 232 Å². The second-order valence-electron chi connectivity index (χ2n) is 9.53. The molecule has 0 saturated carbocycles. The van der Waals surface area contributed by atoms with Crippen molar-refractivity contribution in [2.75, 3.05) is 18.6 Å². The van der Waals surface area contributed by atoms with Gasteiger partial charge in [0.2, 0.25) is 0 Å².